The molecule has 0 heterocycles. The summed E-state index contributed by atoms with van der Waals surface area (Å²) in [7, 11) is 0. The van der Waals surface area contributed by atoms with Gasteiger partial charge in [-0.05, 0) is 105 Å². The van der Waals surface area contributed by atoms with Crippen LogP contribution < -0.4 is 0 Å². The molecular weight excluding hydrogens is 332 g/mol. The number of aliphatic hydroxyl groups is 2. The molecule has 0 radical (unpaired) electrons. The van der Waals surface area contributed by atoms with Gasteiger partial charge in [-0.15, -0.1) is 0 Å². The zero-order chi connectivity index (χ0) is 18.4. The number of hydrogen-bond acceptors (Lipinski definition) is 2. The molecule has 0 aromatic heterocycles. The first-order valence-electron chi connectivity index (χ1n) is 12.3. The fourth-order valence-corrected chi connectivity index (χ4v) is 9.12. The molecule has 0 amide bonds. The van der Waals surface area contributed by atoms with Crippen LogP contribution in [-0.4, -0.2) is 22.4 Å². The van der Waals surface area contributed by atoms with Crippen molar-refractivity contribution in [3.8, 4) is 0 Å². The van der Waals surface area contributed by atoms with Crippen molar-refractivity contribution < 1.29 is 10.2 Å². The van der Waals surface area contributed by atoms with E-state index in [-0.39, 0.29) is 12.2 Å². The van der Waals surface area contributed by atoms with E-state index in [0.717, 1.165) is 48.9 Å². The average Bonchev–Trinajstić information content (AvgIpc) is 3.01. The summed E-state index contributed by atoms with van der Waals surface area (Å²) in [5.41, 5.74) is 0.479. The van der Waals surface area contributed by atoms with Gasteiger partial charge in [0.2, 0.25) is 0 Å². The Balaban J connectivity index is 1.58. The molecule has 2 N–H and O–H groups in total. The van der Waals surface area contributed by atoms with E-state index in [4.69, 9.17) is 0 Å². The summed E-state index contributed by atoms with van der Waals surface area (Å²) in [4.78, 5) is 0. The number of allylic oxidation sites excluding steroid dienone is 1. The van der Waals surface area contributed by atoms with Crippen LogP contribution in [0.2, 0.25) is 0 Å². The van der Waals surface area contributed by atoms with Gasteiger partial charge in [0, 0.05) is 0 Å². The smallest absolute Gasteiger partial charge is 0.0721 e. The number of hydrogen-bond donors (Lipinski definition) is 2. The maximum atomic E-state index is 10.2. The summed E-state index contributed by atoms with van der Waals surface area (Å²) in [6.07, 6.45) is 22.8. The lowest BCUT2D eigenvalue weighted by Gasteiger charge is -2.55. The Morgan fingerprint density at radius 1 is 0.593 bits per heavy atom. The van der Waals surface area contributed by atoms with Gasteiger partial charge in [0.05, 0.1) is 12.2 Å². The quantitative estimate of drug-likeness (QED) is 0.630. The van der Waals surface area contributed by atoms with Crippen molar-refractivity contribution in [2.75, 3.05) is 0 Å². The van der Waals surface area contributed by atoms with Crippen LogP contribution in [0.4, 0.5) is 0 Å². The first-order valence-corrected chi connectivity index (χ1v) is 12.3. The van der Waals surface area contributed by atoms with Crippen molar-refractivity contribution in [3.63, 3.8) is 0 Å². The highest BCUT2D eigenvalue weighted by Crippen LogP contribution is 2.71. The summed E-state index contributed by atoms with van der Waals surface area (Å²) in [6.45, 7) is 0. The molecule has 5 rings (SSSR count). The molecule has 6 atom stereocenters. The van der Waals surface area contributed by atoms with Gasteiger partial charge in [0.25, 0.3) is 0 Å². The van der Waals surface area contributed by atoms with Crippen LogP contribution in [0.3, 0.4) is 0 Å². The first-order chi connectivity index (χ1) is 13.2. The van der Waals surface area contributed by atoms with Crippen LogP contribution in [0, 0.1) is 40.9 Å². The van der Waals surface area contributed by atoms with E-state index in [0.29, 0.717) is 11.3 Å². The van der Waals surface area contributed by atoms with Crippen LogP contribution in [0.5, 0.6) is 0 Å². The largest absolute Gasteiger partial charge is 0.393 e. The molecule has 0 spiro atoms. The van der Waals surface area contributed by atoms with Crippen LogP contribution in [0.1, 0.15) is 89.9 Å². The molecule has 27 heavy (non-hydrogen) atoms. The molecule has 0 bridgehead atoms. The Hall–Kier alpha value is -0.340. The van der Waals surface area contributed by atoms with Gasteiger partial charge in [-0.2, -0.15) is 0 Å². The average molecular weight is 373 g/mol. The Bertz CT molecular complexity index is 525. The molecule has 152 valence electrons. The van der Waals surface area contributed by atoms with Crippen molar-refractivity contribution in [1.29, 1.82) is 0 Å². The molecule has 2 heteroatoms. The molecule has 0 saturated heterocycles. The predicted octanol–water partition coefficient (Wildman–Crippen LogP) is 5.48. The van der Waals surface area contributed by atoms with Gasteiger partial charge in [-0.1, -0.05) is 37.8 Å². The normalized spacial score (nSPS) is 53.0. The Morgan fingerprint density at radius 2 is 1.19 bits per heavy atom. The summed E-state index contributed by atoms with van der Waals surface area (Å²) in [5, 5.41) is 20.4. The molecule has 4 fully saturated rings. The zero-order valence-corrected chi connectivity index (χ0v) is 17.1. The minimum Gasteiger partial charge on any atom is -0.393 e. The summed E-state index contributed by atoms with van der Waals surface area (Å²) < 4.78 is 0. The van der Waals surface area contributed by atoms with Crippen LogP contribution in [0.15, 0.2) is 12.2 Å². The zero-order valence-electron chi connectivity index (χ0n) is 17.1. The molecule has 2 nitrogen and oxygen atoms in total. The molecule has 6 unspecified atom stereocenters. The third-order valence-electron chi connectivity index (χ3n) is 9.86. The van der Waals surface area contributed by atoms with Crippen molar-refractivity contribution in [2.24, 2.45) is 40.9 Å². The van der Waals surface area contributed by atoms with Gasteiger partial charge < -0.3 is 10.2 Å². The van der Waals surface area contributed by atoms with Gasteiger partial charge >= 0.3 is 0 Å². The van der Waals surface area contributed by atoms with Crippen molar-refractivity contribution in [3.05, 3.63) is 12.2 Å². The summed E-state index contributed by atoms with van der Waals surface area (Å²) >= 11 is 0. The number of rotatable bonds is 2. The van der Waals surface area contributed by atoms with E-state index >= 15 is 0 Å². The number of aliphatic hydroxyl groups excluding tert-OH is 2. The van der Waals surface area contributed by atoms with E-state index < -0.39 is 0 Å². The Labute approximate surface area is 165 Å². The van der Waals surface area contributed by atoms with Gasteiger partial charge in [-0.25, -0.2) is 0 Å². The van der Waals surface area contributed by atoms with E-state index in [1.54, 1.807) is 0 Å². The Morgan fingerprint density at radius 3 is 1.74 bits per heavy atom. The monoisotopic (exact) mass is 372 g/mol. The third kappa shape index (κ3) is 2.96. The second-order valence-electron chi connectivity index (χ2n) is 10.8. The van der Waals surface area contributed by atoms with E-state index in [1.165, 1.54) is 70.6 Å². The Kier molecular flexibility index (Phi) is 5.18. The minimum atomic E-state index is -0.211. The van der Waals surface area contributed by atoms with E-state index in [2.05, 4.69) is 12.2 Å². The molecule has 0 aromatic carbocycles. The van der Waals surface area contributed by atoms with E-state index in [9.17, 15) is 10.2 Å². The third-order valence-corrected chi connectivity index (χ3v) is 9.86. The highest BCUT2D eigenvalue weighted by Gasteiger charge is 2.64. The molecule has 5 aliphatic carbocycles. The van der Waals surface area contributed by atoms with Crippen LogP contribution in [0.25, 0.3) is 0 Å². The second-order valence-corrected chi connectivity index (χ2v) is 10.8. The molecule has 0 aromatic rings. The second kappa shape index (κ2) is 7.48. The SMILES string of the molecule is OC1C=CC(C2(C3CCC(O)CC3)C3CCCCC3C3CCCCC32)CC1. The molecule has 5 aliphatic rings. The van der Waals surface area contributed by atoms with Gasteiger partial charge in [0.15, 0.2) is 0 Å². The van der Waals surface area contributed by atoms with Gasteiger partial charge in [-0.3, -0.25) is 0 Å². The molecule has 0 aliphatic heterocycles. The topological polar surface area (TPSA) is 40.5 Å². The van der Waals surface area contributed by atoms with Crippen molar-refractivity contribution >= 4 is 0 Å². The first kappa shape index (κ1) is 18.7. The van der Waals surface area contributed by atoms with Gasteiger partial charge in [0.1, 0.15) is 0 Å². The predicted molar refractivity (Wildman–Crippen MR) is 109 cm³/mol. The maximum absolute atomic E-state index is 10.2. The van der Waals surface area contributed by atoms with Crippen LogP contribution >= 0.6 is 0 Å². The lowest BCUT2D eigenvalue weighted by Crippen LogP contribution is -2.49. The summed E-state index contributed by atoms with van der Waals surface area (Å²) in [6, 6.07) is 0. The fraction of sp³-hybridized carbons (Fsp3) is 0.920. The molecular formula is C25H40O2. The fourth-order valence-electron chi connectivity index (χ4n) is 9.12. The highest BCUT2D eigenvalue weighted by atomic mass is 16.3. The highest BCUT2D eigenvalue weighted by molar-refractivity contribution is 5.17. The van der Waals surface area contributed by atoms with Crippen LogP contribution in [-0.2, 0) is 0 Å². The number of fused-ring (bicyclic) bond motifs is 3. The van der Waals surface area contributed by atoms with Crippen molar-refractivity contribution in [1.82, 2.24) is 0 Å². The van der Waals surface area contributed by atoms with E-state index in [1.807, 2.05) is 0 Å². The standard InChI is InChI=1S/C25H40O2/c26-19-13-9-17(10-14-19)25(18-11-15-20(27)16-12-18)23-7-3-1-5-21(23)22-6-2-4-8-24(22)25/h9,13,17-24,26-27H,1-8,10-12,14-16H2. The van der Waals surface area contributed by atoms with Crippen molar-refractivity contribution in [2.45, 2.75) is 102 Å². The lowest BCUT2D eigenvalue weighted by molar-refractivity contribution is -0.0653. The molecule has 4 saturated carbocycles. The lowest BCUT2D eigenvalue weighted by atomic mass is 9.49. The minimum absolute atomic E-state index is 0.0484. The summed E-state index contributed by atoms with van der Waals surface area (Å²) in [5.74, 6) is 5.30. The maximum Gasteiger partial charge on any atom is 0.0721 e.